The van der Waals surface area contributed by atoms with Crippen molar-refractivity contribution in [3.63, 3.8) is 0 Å². The van der Waals surface area contributed by atoms with Gasteiger partial charge in [0.25, 0.3) is 0 Å². The van der Waals surface area contributed by atoms with Gasteiger partial charge in [-0.3, -0.25) is 0 Å². The largest absolute Gasteiger partial charge is 0.491 e. The Hall–Kier alpha value is -1.51. The maximum absolute atomic E-state index is 11.5. The molecule has 0 unspecified atom stereocenters. The van der Waals surface area contributed by atoms with Crippen molar-refractivity contribution in [1.82, 2.24) is 0 Å². The average molecular weight is 222 g/mol. The quantitative estimate of drug-likeness (QED) is 0.735. The van der Waals surface area contributed by atoms with Gasteiger partial charge in [-0.25, -0.2) is 4.79 Å². The Kier molecular flexibility index (Phi) is 4.35. The van der Waals surface area contributed by atoms with Gasteiger partial charge in [-0.2, -0.15) is 0 Å². The topological polar surface area (TPSA) is 35.5 Å². The molecule has 0 spiro atoms. The van der Waals surface area contributed by atoms with E-state index < -0.39 is 0 Å². The van der Waals surface area contributed by atoms with Crippen molar-refractivity contribution in [1.29, 1.82) is 0 Å². The summed E-state index contributed by atoms with van der Waals surface area (Å²) in [6.07, 6.45) is 0.911. The van der Waals surface area contributed by atoms with Gasteiger partial charge in [0.05, 0.1) is 18.8 Å². The number of methoxy groups -OCH3 is 1. The normalized spacial score (nSPS) is 10.3. The monoisotopic (exact) mass is 222 g/mol. The molecule has 0 N–H and O–H groups in total. The minimum Gasteiger partial charge on any atom is -0.491 e. The molecule has 0 aliphatic rings. The molecular formula is C13H18O3. The number of ether oxygens (including phenoxy) is 2. The van der Waals surface area contributed by atoms with Gasteiger partial charge in [-0.05, 0) is 44.0 Å². The third kappa shape index (κ3) is 2.99. The summed E-state index contributed by atoms with van der Waals surface area (Å²) in [5, 5.41) is 0. The molecule has 1 aromatic carbocycles. The standard InChI is InChI=1S/C13H18O3/c1-5-10-8-11(16-9(2)3)6-7-12(10)13(14)15-4/h6-9H,5H2,1-4H3. The van der Waals surface area contributed by atoms with E-state index in [-0.39, 0.29) is 12.1 Å². The Morgan fingerprint density at radius 1 is 1.38 bits per heavy atom. The smallest absolute Gasteiger partial charge is 0.338 e. The lowest BCUT2D eigenvalue weighted by Crippen LogP contribution is -2.08. The molecule has 0 bridgehead atoms. The highest BCUT2D eigenvalue weighted by atomic mass is 16.5. The first kappa shape index (κ1) is 12.6. The van der Waals surface area contributed by atoms with E-state index in [2.05, 4.69) is 0 Å². The van der Waals surface area contributed by atoms with Crippen molar-refractivity contribution in [3.8, 4) is 5.75 Å². The maximum Gasteiger partial charge on any atom is 0.338 e. The number of esters is 1. The van der Waals surface area contributed by atoms with Gasteiger partial charge in [0.15, 0.2) is 0 Å². The van der Waals surface area contributed by atoms with Gasteiger partial charge in [-0.1, -0.05) is 6.92 Å². The summed E-state index contributed by atoms with van der Waals surface area (Å²) in [5.41, 5.74) is 1.56. The van der Waals surface area contributed by atoms with Crippen molar-refractivity contribution in [2.75, 3.05) is 7.11 Å². The van der Waals surface area contributed by atoms with E-state index in [1.807, 2.05) is 26.8 Å². The second-order valence-corrected chi connectivity index (χ2v) is 3.83. The summed E-state index contributed by atoms with van der Waals surface area (Å²) in [7, 11) is 1.39. The van der Waals surface area contributed by atoms with Crippen LogP contribution in [0.4, 0.5) is 0 Å². The number of carbonyl (C=O) groups excluding carboxylic acids is 1. The Morgan fingerprint density at radius 3 is 2.56 bits per heavy atom. The lowest BCUT2D eigenvalue weighted by atomic mass is 10.0. The third-order valence-electron chi connectivity index (χ3n) is 2.23. The highest BCUT2D eigenvalue weighted by Crippen LogP contribution is 2.20. The Morgan fingerprint density at radius 2 is 2.06 bits per heavy atom. The molecule has 16 heavy (non-hydrogen) atoms. The van der Waals surface area contributed by atoms with Crippen molar-refractivity contribution in [2.24, 2.45) is 0 Å². The number of rotatable bonds is 4. The van der Waals surface area contributed by atoms with Crippen molar-refractivity contribution < 1.29 is 14.3 Å². The third-order valence-corrected chi connectivity index (χ3v) is 2.23. The highest BCUT2D eigenvalue weighted by molar-refractivity contribution is 5.91. The predicted molar refractivity (Wildman–Crippen MR) is 62.9 cm³/mol. The minimum atomic E-state index is -0.298. The molecule has 0 saturated carbocycles. The van der Waals surface area contributed by atoms with Crippen LogP contribution >= 0.6 is 0 Å². The second-order valence-electron chi connectivity index (χ2n) is 3.83. The molecule has 0 radical (unpaired) electrons. The first-order valence-corrected chi connectivity index (χ1v) is 5.46. The van der Waals surface area contributed by atoms with E-state index in [1.54, 1.807) is 12.1 Å². The summed E-state index contributed by atoms with van der Waals surface area (Å²) >= 11 is 0. The molecule has 3 heteroatoms. The molecule has 0 aliphatic heterocycles. The summed E-state index contributed by atoms with van der Waals surface area (Å²) in [6, 6.07) is 5.44. The summed E-state index contributed by atoms with van der Waals surface area (Å²) in [6.45, 7) is 5.95. The van der Waals surface area contributed by atoms with Crippen LogP contribution < -0.4 is 4.74 Å². The van der Waals surface area contributed by atoms with Gasteiger partial charge in [0, 0.05) is 0 Å². The summed E-state index contributed by atoms with van der Waals surface area (Å²) in [5.74, 6) is 0.493. The molecule has 0 atom stereocenters. The zero-order chi connectivity index (χ0) is 12.1. The van der Waals surface area contributed by atoms with E-state index in [1.165, 1.54) is 7.11 Å². The molecule has 0 fully saturated rings. The Balaban J connectivity index is 3.01. The maximum atomic E-state index is 11.5. The number of aryl methyl sites for hydroxylation is 1. The zero-order valence-corrected chi connectivity index (χ0v) is 10.2. The predicted octanol–water partition coefficient (Wildman–Crippen LogP) is 2.82. The average Bonchev–Trinajstić information content (AvgIpc) is 2.27. The minimum absolute atomic E-state index is 0.133. The molecule has 0 amide bonds. The van der Waals surface area contributed by atoms with Crippen LogP contribution in [0.15, 0.2) is 18.2 Å². The lowest BCUT2D eigenvalue weighted by molar-refractivity contribution is 0.0599. The molecule has 0 heterocycles. The van der Waals surface area contributed by atoms with Crippen LogP contribution in [-0.4, -0.2) is 19.2 Å². The number of hydrogen-bond acceptors (Lipinski definition) is 3. The van der Waals surface area contributed by atoms with E-state index in [0.29, 0.717) is 5.56 Å². The van der Waals surface area contributed by atoms with Crippen LogP contribution in [0.2, 0.25) is 0 Å². The molecule has 88 valence electrons. The van der Waals surface area contributed by atoms with Gasteiger partial charge in [0.1, 0.15) is 5.75 Å². The number of hydrogen-bond donors (Lipinski definition) is 0. The fourth-order valence-corrected chi connectivity index (χ4v) is 1.52. The highest BCUT2D eigenvalue weighted by Gasteiger charge is 2.11. The van der Waals surface area contributed by atoms with E-state index in [4.69, 9.17) is 9.47 Å². The SMILES string of the molecule is CCc1cc(OC(C)C)ccc1C(=O)OC. The zero-order valence-electron chi connectivity index (χ0n) is 10.2. The van der Waals surface area contributed by atoms with E-state index >= 15 is 0 Å². The number of carbonyl (C=O) groups is 1. The lowest BCUT2D eigenvalue weighted by Gasteiger charge is -2.12. The van der Waals surface area contributed by atoms with E-state index in [9.17, 15) is 4.79 Å². The van der Waals surface area contributed by atoms with Crippen LogP contribution in [0, 0.1) is 0 Å². The number of benzene rings is 1. The van der Waals surface area contributed by atoms with Crippen LogP contribution in [0.1, 0.15) is 36.7 Å². The van der Waals surface area contributed by atoms with Crippen molar-refractivity contribution in [2.45, 2.75) is 33.3 Å². The summed E-state index contributed by atoms with van der Waals surface area (Å²) < 4.78 is 10.3. The van der Waals surface area contributed by atoms with Crippen LogP contribution in [-0.2, 0) is 11.2 Å². The second kappa shape index (κ2) is 5.54. The molecule has 3 nitrogen and oxygen atoms in total. The van der Waals surface area contributed by atoms with Gasteiger partial charge in [0.2, 0.25) is 0 Å². The Labute approximate surface area is 96.4 Å². The molecule has 1 aromatic rings. The van der Waals surface area contributed by atoms with E-state index in [0.717, 1.165) is 17.7 Å². The molecule has 0 aromatic heterocycles. The molecule has 0 aliphatic carbocycles. The van der Waals surface area contributed by atoms with Gasteiger partial charge >= 0.3 is 5.97 Å². The van der Waals surface area contributed by atoms with Crippen molar-refractivity contribution >= 4 is 5.97 Å². The van der Waals surface area contributed by atoms with Gasteiger partial charge < -0.3 is 9.47 Å². The van der Waals surface area contributed by atoms with Crippen LogP contribution in [0.3, 0.4) is 0 Å². The first-order chi connectivity index (χ1) is 7.58. The summed E-state index contributed by atoms with van der Waals surface area (Å²) in [4.78, 5) is 11.5. The molecule has 0 saturated heterocycles. The van der Waals surface area contributed by atoms with Crippen LogP contribution in [0.25, 0.3) is 0 Å². The molecule has 1 rings (SSSR count). The fourth-order valence-electron chi connectivity index (χ4n) is 1.52. The van der Waals surface area contributed by atoms with Crippen molar-refractivity contribution in [3.05, 3.63) is 29.3 Å². The van der Waals surface area contributed by atoms with Crippen LogP contribution in [0.5, 0.6) is 5.75 Å². The Bertz CT molecular complexity index is 369. The first-order valence-electron chi connectivity index (χ1n) is 5.46. The molecular weight excluding hydrogens is 204 g/mol. The van der Waals surface area contributed by atoms with Gasteiger partial charge in [-0.15, -0.1) is 0 Å². The fraction of sp³-hybridized carbons (Fsp3) is 0.462.